The first-order valence-electron chi connectivity index (χ1n) is 8.01. The van der Waals surface area contributed by atoms with Crippen LogP contribution in [0.15, 0.2) is 17.8 Å². The first-order chi connectivity index (χ1) is 11.7. The third-order valence-corrected chi connectivity index (χ3v) is 5.05. The van der Waals surface area contributed by atoms with Crippen molar-refractivity contribution in [2.45, 2.75) is 45.3 Å². The molecule has 0 aliphatic carbocycles. The zero-order chi connectivity index (χ0) is 16.9. The molecule has 0 fully saturated rings. The predicted octanol–water partition coefficient (Wildman–Crippen LogP) is 0.604. The molecule has 1 aliphatic rings. The van der Waals surface area contributed by atoms with Crippen molar-refractivity contribution in [2.75, 3.05) is 6.54 Å². The standard InChI is InChI=1S/C15H20N6O2S/c1-2-3-12(17-14(22)9-21-10-16-18-19-21)15(23)20-6-4-13-11(8-20)5-7-24-13/h5,7,10,12H,2-4,6,8-9H2,1H3,(H,17,22)/t12-/m0/s1. The molecular weight excluding hydrogens is 328 g/mol. The van der Waals surface area contributed by atoms with Crippen molar-refractivity contribution in [3.63, 3.8) is 0 Å². The van der Waals surface area contributed by atoms with Gasteiger partial charge in [-0.25, -0.2) is 4.68 Å². The fraction of sp³-hybridized carbons (Fsp3) is 0.533. The maximum atomic E-state index is 12.8. The number of carbonyl (C=O) groups is 2. The number of nitrogens with one attached hydrogen (secondary N) is 1. The van der Waals surface area contributed by atoms with Crippen LogP contribution in [-0.4, -0.2) is 49.5 Å². The largest absolute Gasteiger partial charge is 0.343 e. The fourth-order valence-electron chi connectivity index (χ4n) is 2.84. The number of hydrogen-bond donors (Lipinski definition) is 1. The molecule has 24 heavy (non-hydrogen) atoms. The molecule has 2 aromatic heterocycles. The van der Waals surface area contributed by atoms with Crippen molar-refractivity contribution in [1.82, 2.24) is 30.4 Å². The molecule has 0 bridgehead atoms. The third kappa shape index (κ3) is 3.78. The summed E-state index contributed by atoms with van der Waals surface area (Å²) >= 11 is 1.74. The van der Waals surface area contributed by atoms with Gasteiger partial charge in [0.25, 0.3) is 0 Å². The Hall–Kier alpha value is -2.29. The smallest absolute Gasteiger partial charge is 0.245 e. The van der Waals surface area contributed by atoms with Crippen molar-refractivity contribution in [3.8, 4) is 0 Å². The van der Waals surface area contributed by atoms with Gasteiger partial charge in [0.15, 0.2) is 0 Å². The third-order valence-electron chi connectivity index (χ3n) is 4.03. The van der Waals surface area contributed by atoms with Crippen LogP contribution in [0.25, 0.3) is 0 Å². The number of hydrogen-bond acceptors (Lipinski definition) is 6. The summed E-state index contributed by atoms with van der Waals surface area (Å²) in [6, 6.07) is 1.57. The van der Waals surface area contributed by atoms with E-state index in [-0.39, 0.29) is 18.4 Å². The molecule has 9 heteroatoms. The Morgan fingerprint density at radius 1 is 1.46 bits per heavy atom. The average molecular weight is 348 g/mol. The topological polar surface area (TPSA) is 93.0 Å². The van der Waals surface area contributed by atoms with E-state index >= 15 is 0 Å². The van der Waals surface area contributed by atoms with Crippen molar-refractivity contribution >= 4 is 23.2 Å². The zero-order valence-electron chi connectivity index (χ0n) is 13.5. The highest BCUT2D eigenvalue weighted by Gasteiger charge is 2.28. The molecule has 0 unspecified atom stereocenters. The summed E-state index contributed by atoms with van der Waals surface area (Å²) in [6.45, 7) is 3.34. The molecule has 0 radical (unpaired) electrons. The average Bonchev–Trinajstić information content (AvgIpc) is 3.24. The molecule has 1 atom stereocenters. The van der Waals surface area contributed by atoms with Crippen LogP contribution in [0, 0.1) is 0 Å². The molecule has 8 nitrogen and oxygen atoms in total. The van der Waals surface area contributed by atoms with Gasteiger partial charge in [0.2, 0.25) is 11.8 Å². The van der Waals surface area contributed by atoms with Gasteiger partial charge in [-0.05, 0) is 40.3 Å². The number of carbonyl (C=O) groups excluding carboxylic acids is 2. The second-order valence-electron chi connectivity index (χ2n) is 5.79. The lowest BCUT2D eigenvalue weighted by molar-refractivity contribution is -0.137. The number of tetrazole rings is 1. The molecule has 0 spiro atoms. The molecule has 128 valence electrons. The van der Waals surface area contributed by atoms with E-state index < -0.39 is 6.04 Å². The molecule has 0 aromatic carbocycles. The van der Waals surface area contributed by atoms with Gasteiger partial charge in [-0.1, -0.05) is 13.3 Å². The Labute approximate surface area is 143 Å². The first-order valence-corrected chi connectivity index (χ1v) is 8.89. The van der Waals surface area contributed by atoms with Crippen LogP contribution in [0.3, 0.4) is 0 Å². The Kier molecular flexibility index (Phi) is 5.19. The lowest BCUT2D eigenvalue weighted by atomic mass is 10.1. The molecule has 3 heterocycles. The van der Waals surface area contributed by atoms with Gasteiger partial charge in [0.05, 0.1) is 0 Å². The van der Waals surface area contributed by atoms with E-state index in [0.717, 1.165) is 12.8 Å². The first kappa shape index (κ1) is 16.6. The predicted molar refractivity (Wildman–Crippen MR) is 88.1 cm³/mol. The Morgan fingerprint density at radius 3 is 3.08 bits per heavy atom. The molecule has 0 saturated carbocycles. The zero-order valence-corrected chi connectivity index (χ0v) is 14.3. The van der Waals surface area contributed by atoms with Crippen molar-refractivity contribution in [1.29, 1.82) is 0 Å². The molecular formula is C15H20N6O2S. The molecule has 2 amide bonds. The number of aromatic nitrogens is 4. The highest BCUT2D eigenvalue weighted by molar-refractivity contribution is 7.10. The fourth-order valence-corrected chi connectivity index (χ4v) is 3.73. The number of amides is 2. The van der Waals surface area contributed by atoms with Crippen molar-refractivity contribution in [3.05, 3.63) is 28.2 Å². The molecule has 1 aliphatic heterocycles. The van der Waals surface area contributed by atoms with Crippen LogP contribution in [0.2, 0.25) is 0 Å². The normalized spacial score (nSPS) is 15.0. The summed E-state index contributed by atoms with van der Waals surface area (Å²) < 4.78 is 1.33. The van der Waals surface area contributed by atoms with Crippen LogP contribution < -0.4 is 5.32 Å². The summed E-state index contributed by atoms with van der Waals surface area (Å²) in [5, 5.41) is 15.5. The van der Waals surface area contributed by atoms with Crippen molar-refractivity contribution < 1.29 is 9.59 Å². The second-order valence-corrected chi connectivity index (χ2v) is 6.80. The number of rotatable bonds is 6. The molecule has 0 saturated heterocycles. The van der Waals surface area contributed by atoms with E-state index in [4.69, 9.17) is 0 Å². The van der Waals surface area contributed by atoms with Crippen LogP contribution >= 0.6 is 11.3 Å². The van der Waals surface area contributed by atoms with Gasteiger partial charge < -0.3 is 10.2 Å². The number of nitrogens with zero attached hydrogens (tertiary/aromatic N) is 5. The summed E-state index contributed by atoms with van der Waals surface area (Å²) in [5.41, 5.74) is 1.22. The summed E-state index contributed by atoms with van der Waals surface area (Å²) in [4.78, 5) is 28.2. The van der Waals surface area contributed by atoms with E-state index in [1.54, 1.807) is 11.3 Å². The van der Waals surface area contributed by atoms with Gasteiger partial charge in [-0.15, -0.1) is 16.4 Å². The second kappa shape index (κ2) is 7.52. The van der Waals surface area contributed by atoms with E-state index in [9.17, 15) is 9.59 Å². The lowest BCUT2D eigenvalue weighted by Gasteiger charge is -2.30. The minimum absolute atomic E-state index is 0.00910. The highest BCUT2D eigenvalue weighted by atomic mass is 32.1. The maximum Gasteiger partial charge on any atom is 0.245 e. The Morgan fingerprint density at radius 2 is 2.33 bits per heavy atom. The summed E-state index contributed by atoms with van der Waals surface area (Å²) in [6.07, 6.45) is 3.70. The van der Waals surface area contributed by atoms with Gasteiger partial charge in [-0.2, -0.15) is 0 Å². The van der Waals surface area contributed by atoms with Gasteiger partial charge in [-0.3, -0.25) is 9.59 Å². The van der Waals surface area contributed by atoms with Crippen molar-refractivity contribution in [2.24, 2.45) is 0 Å². The lowest BCUT2D eigenvalue weighted by Crippen LogP contribution is -2.50. The highest BCUT2D eigenvalue weighted by Crippen LogP contribution is 2.24. The minimum Gasteiger partial charge on any atom is -0.343 e. The van der Waals surface area contributed by atoms with Crippen LogP contribution in [0.1, 0.15) is 30.2 Å². The van der Waals surface area contributed by atoms with Crippen LogP contribution in [0.4, 0.5) is 0 Å². The van der Waals surface area contributed by atoms with Crippen LogP contribution in [0.5, 0.6) is 0 Å². The number of fused-ring (bicyclic) bond motifs is 1. The van der Waals surface area contributed by atoms with E-state index in [2.05, 4.69) is 32.3 Å². The Bertz CT molecular complexity index is 699. The summed E-state index contributed by atoms with van der Waals surface area (Å²) in [7, 11) is 0. The Balaban J connectivity index is 1.62. The monoisotopic (exact) mass is 348 g/mol. The van der Waals surface area contributed by atoms with Crippen LogP contribution in [-0.2, 0) is 29.1 Å². The van der Waals surface area contributed by atoms with Gasteiger partial charge >= 0.3 is 0 Å². The van der Waals surface area contributed by atoms with Gasteiger partial charge in [0, 0.05) is 18.0 Å². The van der Waals surface area contributed by atoms with E-state index in [1.807, 2.05) is 11.8 Å². The molecule has 1 N–H and O–H groups in total. The molecule has 2 aromatic rings. The van der Waals surface area contributed by atoms with E-state index in [0.29, 0.717) is 19.5 Å². The SMILES string of the molecule is CCC[C@H](NC(=O)Cn1cnnn1)C(=O)N1CCc2sccc2C1. The van der Waals surface area contributed by atoms with Gasteiger partial charge in [0.1, 0.15) is 18.9 Å². The minimum atomic E-state index is -0.501. The number of thiophene rings is 1. The van der Waals surface area contributed by atoms with E-state index in [1.165, 1.54) is 21.4 Å². The maximum absolute atomic E-state index is 12.8. The summed E-state index contributed by atoms with van der Waals surface area (Å²) in [5.74, 6) is -0.277. The quantitative estimate of drug-likeness (QED) is 0.825. The molecule has 3 rings (SSSR count).